The van der Waals surface area contributed by atoms with E-state index in [1.807, 2.05) is 48.9 Å². The van der Waals surface area contributed by atoms with Crippen molar-refractivity contribution in [1.82, 2.24) is 9.78 Å². The van der Waals surface area contributed by atoms with Crippen molar-refractivity contribution >= 4 is 6.29 Å². The van der Waals surface area contributed by atoms with Gasteiger partial charge < -0.3 is 0 Å². The lowest BCUT2D eigenvalue weighted by atomic mass is 10.1. The highest BCUT2D eigenvalue weighted by Gasteiger charge is 2.11. The third-order valence-electron chi connectivity index (χ3n) is 2.46. The number of carbonyl (C=O) groups excluding carboxylic acids is 1. The molecule has 0 spiro atoms. The summed E-state index contributed by atoms with van der Waals surface area (Å²) in [6, 6.07) is 10.0. The van der Waals surface area contributed by atoms with E-state index in [0.717, 1.165) is 17.5 Å². The van der Waals surface area contributed by atoms with Crippen molar-refractivity contribution < 1.29 is 4.79 Å². The van der Waals surface area contributed by atoms with Crippen LogP contribution in [0.1, 0.15) is 30.2 Å². The fraction of sp³-hybridized carbons (Fsp3) is 0.231. The summed E-state index contributed by atoms with van der Waals surface area (Å²) in [4.78, 5) is 11.0. The zero-order chi connectivity index (χ0) is 11.5. The third-order valence-corrected chi connectivity index (χ3v) is 2.46. The molecule has 0 aliphatic carbocycles. The van der Waals surface area contributed by atoms with Crippen LogP contribution in [-0.2, 0) is 0 Å². The first-order chi connectivity index (χ1) is 7.72. The maximum Gasteiger partial charge on any atom is 0.153 e. The van der Waals surface area contributed by atoms with E-state index in [4.69, 9.17) is 0 Å². The molecule has 0 saturated carbocycles. The van der Waals surface area contributed by atoms with Gasteiger partial charge in [-0.15, -0.1) is 0 Å². The van der Waals surface area contributed by atoms with E-state index in [9.17, 15) is 4.79 Å². The van der Waals surface area contributed by atoms with Crippen LogP contribution in [0.3, 0.4) is 0 Å². The molecule has 82 valence electrons. The minimum atomic E-state index is 0.260. The molecule has 0 unspecified atom stereocenters. The van der Waals surface area contributed by atoms with Gasteiger partial charge in [-0.2, -0.15) is 5.10 Å². The maximum absolute atomic E-state index is 11.0. The van der Waals surface area contributed by atoms with Crippen LogP contribution in [0.4, 0.5) is 0 Å². The SMILES string of the molecule is CC(C)n1cc(C=O)c(-c2ccccc2)n1. The zero-order valence-corrected chi connectivity index (χ0v) is 9.42. The predicted molar refractivity (Wildman–Crippen MR) is 63.4 cm³/mol. The average Bonchev–Trinajstić information content (AvgIpc) is 2.74. The van der Waals surface area contributed by atoms with Crippen LogP contribution in [0.25, 0.3) is 11.3 Å². The number of hydrogen-bond acceptors (Lipinski definition) is 2. The number of carbonyl (C=O) groups is 1. The van der Waals surface area contributed by atoms with Crippen LogP contribution in [0.5, 0.6) is 0 Å². The molecule has 3 heteroatoms. The van der Waals surface area contributed by atoms with Gasteiger partial charge in [0.15, 0.2) is 6.29 Å². The number of rotatable bonds is 3. The zero-order valence-electron chi connectivity index (χ0n) is 9.42. The first-order valence-corrected chi connectivity index (χ1v) is 5.32. The van der Waals surface area contributed by atoms with Crippen LogP contribution in [0, 0.1) is 0 Å². The van der Waals surface area contributed by atoms with Gasteiger partial charge in [-0.05, 0) is 13.8 Å². The van der Waals surface area contributed by atoms with Crippen molar-refractivity contribution in [3.63, 3.8) is 0 Å². The van der Waals surface area contributed by atoms with Crippen molar-refractivity contribution in [1.29, 1.82) is 0 Å². The molecule has 3 nitrogen and oxygen atoms in total. The average molecular weight is 214 g/mol. The summed E-state index contributed by atoms with van der Waals surface area (Å²) in [6.07, 6.45) is 2.65. The monoisotopic (exact) mass is 214 g/mol. The summed E-state index contributed by atoms with van der Waals surface area (Å²) < 4.78 is 1.81. The quantitative estimate of drug-likeness (QED) is 0.736. The molecule has 0 aliphatic rings. The van der Waals surface area contributed by atoms with Crippen molar-refractivity contribution in [3.05, 3.63) is 42.1 Å². The van der Waals surface area contributed by atoms with Crippen molar-refractivity contribution in [2.75, 3.05) is 0 Å². The molecule has 0 amide bonds. The second kappa shape index (κ2) is 4.31. The van der Waals surface area contributed by atoms with Gasteiger partial charge in [0.2, 0.25) is 0 Å². The highest BCUT2D eigenvalue weighted by atomic mass is 16.1. The summed E-state index contributed by atoms with van der Waals surface area (Å²) in [7, 11) is 0. The van der Waals surface area contributed by atoms with E-state index >= 15 is 0 Å². The molecule has 16 heavy (non-hydrogen) atoms. The molecule has 1 aromatic heterocycles. The van der Waals surface area contributed by atoms with E-state index in [-0.39, 0.29) is 6.04 Å². The van der Waals surface area contributed by atoms with Gasteiger partial charge in [0, 0.05) is 17.8 Å². The number of aromatic nitrogens is 2. The molecule has 1 aromatic carbocycles. The standard InChI is InChI=1S/C13H14N2O/c1-10(2)15-8-12(9-16)13(14-15)11-6-4-3-5-7-11/h3-10H,1-2H3. The molecule has 0 radical (unpaired) electrons. The Morgan fingerprint density at radius 3 is 2.50 bits per heavy atom. The Labute approximate surface area is 94.7 Å². The highest BCUT2D eigenvalue weighted by Crippen LogP contribution is 2.21. The lowest BCUT2D eigenvalue weighted by Gasteiger charge is -2.03. The minimum absolute atomic E-state index is 0.260. The van der Waals surface area contributed by atoms with E-state index in [2.05, 4.69) is 5.10 Å². The fourth-order valence-electron chi connectivity index (χ4n) is 1.58. The van der Waals surface area contributed by atoms with Gasteiger partial charge in [0.05, 0.1) is 5.56 Å². The molecule has 0 aliphatic heterocycles. The van der Waals surface area contributed by atoms with E-state index in [1.165, 1.54) is 0 Å². The summed E-state index contributed by atoms with van der Waals surface area (Å²) in [5.41, 5.74) is 2.37. The van der Waals surface area contributed by atoms with E-state index in [1.54, 1.807) is 6.20 Å². The number of benzene rings is 1. The molecule has 0 N–H and O–H groups in total. The Hall–Kier alpha value is -1.90. The summed E-state index contributed by atoms with van der Waals surface area (Å²) in [5.74, 6) is 0. The van der Waals surface area contributed by atoms with E-state index in [0.29, 0.717) is 5.56 Å². The van der Waals surface area contributed by atoms with Crippen molar-refractivity contribution in [3.8, 4) is 11.3 Å². The van der Waals surface area contributed by atoms with Crippen molar-refractivity contribution in [2.45, 2.75) is 19.9 Å². The van der Waals surface area contributed by atoms with Crippen LogP contribution in [0.2, 0.25) is 0 Å². The van der Waals surface area contributed by atoms with Crippen LogP contribution in [0.15, 0.2) is 36.5 Å². The first kappa shape index (κ1) is 10.6. The smallest absolute Gasteiger partial charge is 0.153 e. The molecular weight excluding hydrogens is 200 g/mol. The van der Waals surface area contributed by atoms with Crippen LogP contribution < -0.4 is 0 Å². The minimum Gasteiger partial charge on any atom is -0.298 e. The van der Waals surface area contributed by atoms with E-state index < -0.39 is 0 Å². The summed E-state index contributed by atoms with van der Waals surface area (Å²) >= 11 is 0. The molecule has 0 fully saturated rings. The molecule has 0 bridgehead atoms. The Balaban J connectivity index is 2.52. The van der Waals surface area contributed by atoms with Gasteiger partial charge in [0.1, 0.15) is 5.69 Å². The Morgan fingerprint density at radius 1 is 1.25 bits per heavy atom. The Kier molecular flexibility index (Phi) is 2.86. The van der Waals surface area contributed by atoms with Gasteiger partial charge in [-0.25, -0.2) is 0 Å². The van der Waals surface area contributed by atoms with Gasteiger partial charge in [0.25, 0.3) is 0 Å². The van der Waals surface area contributed by atoms with Crippen LogP contribution in [-0.4, -0.2) is 16.1 Å². The fourth-order valence-corrected chi connectivity index (χ4v) is 1.58. The molecule has 1 heterocycles. The maximum atomic E-state index is 11.0. The third kappa shape index (κ3) is 1.89. The largest absolute Gasteiger partial charge is 0.298 e. The van der Waals surface area contributed by atoms with Crippen LogP contribution >= 0.6 is 0 Å². The van der Waals surface area contributed by atoms with Gasteiger partial charge >= 0.3 is 0 Å². The highest BCUT2D eigenvalue weighted by molar-refractivity contribution is 5.85. The number of aldehydes is 1. The molecule has 0 atom stereocenters. The second-order valence-corrected chi connectivity index (χ2v) is 3.99. The van der Waals surface area contributed by atoms with Gasteiger partial charge in [-0.3, -0.25) is 9.48 Å². The predicted octanol–water partition coefficient (Wildman–Crippen LogP) is 2.94. The van der Waals surface area contributed by atoms with Gasteiger partial charge in [-0.1, -0.05) is 30.3 Å². The Morgan fingerprint density at radius 2 is 1.94 bits per heavy atom. The summed E-state index contributed by atoms with van der Waals surface area (Å²) in [5, 5.41) is 4.44. The second-order valence-electron chi connectivity index (χ2n) is 3.99. The number of hydrogen-bond donors (Lipinski definition) is 0. The molecule has 0 saturated heterocycles. The van der Waals surface area contributed by atoms with Crippen molar-refractivity contribution in [2.24, 2.45) is 0 Å². The lowest BCUT2D eigenvalue weighted by molar-refractivity contribution is 0.112. The molecule has 2 rings (SSSR count). The molecular formula is C13H14N2O. The molecule has 2 aromatic rings. The summed E-state index contributed by atoms with van der Waals surface area (Å²) in [6.45, 7) is 4.08. The Bertz CT molecular complexity index is 486. The normalized spacial score (nSPS) is 10.7. The first-order valence-electron chi connectivity index (χ1n) is 5.32. The topological polar surface area (TPSA) is 34.9 Å². The lowest BCUT2D eigenvalue weighted by Crippen LogP contribution is -2.00. The number of nitrogens with zero attached hydrogens (tertiary/aromatic N) is 2.